The van der Waals surface area contributed by atoms with E-state index in [4.69, 9.17) is 0 Å². The average molecular weight is 335 g/mol. The van der Waals surface area contributed by atoms with Gasteiger partial charge in [0.05, 0.1) is 23.3 Å². The van der Waals surface area contributed by atoms with E-state index in [1.54, 1.807) is 14.0 Å². The molecule has 134 valence electrons. The van der Waals surface area contributed by atoms with E-state index < -0.39 is 11.1 Å². The predicted molar refractivity (Wildman–Crippen MR) is 91.8 cm³/mol. The molecule has 0 saturated carbocycles. The summed E-state index contributed by atoms with van der Waals surface area (Å²) < 4.78 is 1.85. The number of hydrogen-bond donors (Lipinski definition) is 2. The van der Waals surface area contributed by atoms with Gasteiger partial charge in [-0.2, -0.15) is 0 Å². The van der Waals surface area contributed by atoms with Crippen molar-refractivity contribution in [1.82, 2.24) is 25.6 Å². The molecule has 7 nitrogen and oxygen atoms in total. The highest BCUT2D eigenvalue weighted by Gasteiger charge is 2.35. The highest BCUT2D eigenvalue weighted by Crippen LogP contribution is 2.19. The van der Waals surface area contributed by atoms with Crippen LogP contribution >= 0.6 is 0 Å². The zero-order valence-corrected chi connectivity index (χ0v) is 15.2. The van der Waals surface area contributed by atoms with Gasteiger partial charge in [-0.15, -0.1) is 5.10 Å². The summed E-state index contributed by atoms with van der Waals surface area (Å²) in [5, 5.41) is 14.7. The van der Waals surface area contributed by atoms with Crippen LogP contribution in [0.4, 0.5) is 0 Å². The number of aromatic nitrogens is 3. The molecular weight excluding hydrogens is 306 g/mol. The molecule has 2 atom stereocenters. The molecule has 0 fully saturated rings. The summed E-state index contributed by atoms with van der Waals surface area (Å²) in [7, 11) is 1.79. The van der Waals surface area contributed by atoms with Gasteiger partial charge in [0.1, 0.15) is 5.78 Å². The minimum Gasteiger partial charge on any atom is -0.308 e. The maximum Gasteiger partial charge on any atom is 0.166 e. The topological polar surface area (TPSA) is 88.9 Å². The minimum absolute atomic E-state index is 0.0573. The predicted octanol–water partition coefficient (Wildman–Crippen LogP) is 0.879. The summed E-state index contributed by atoms with van der Waals surface area (Å²) in [4.78, 5) is 24.8. The van der Waals surface area contributed by atoms with E-state index in [1.165, 1.54) is 0 Å². The van der Waals surface area contributed by atoms with Gasteiger partial charge < -0.3 is 5.32 Å². The second-order valence-corrected chi connectivity index (χ2v) is 7.18. The molecule has 24 heavy (non-hydrogen) atoms. The molecule has 2 heterocycles. The molecule has 0 unspecified atom stereocenters. The van der Waals surface area contributed by atoms with Crippen molar-refractivity contribution in [3.8, 4) is 0 Å². The number of carbonyl (C=O) groups is 2. The number of Topliss-reactive ketones (excluding diaryl/α,β-unsaturated/α-hetero) is 2. The van der Waals surface area contributed by atoms with E-state index in [0.717, 1.165) is 25.1 Å². The molecule has 1 aromatic heterocycles. The number of nitrogens with one attached hydrogen (secondary N) is 2. The van der Waals surface area contributed by atoms with Crippen LogP contribution in [0.3, 0.4) is 0 Å². The van der Waals surface area contributed by atoms with E-state index in [1.807, 2.05) is 24.7 Å². The molecule has 2 bridgehead atoms. The van der Waals surface area contributed by atoms with Gasteiger partial charge in [-0.1, -0.05) is 5.21 Å². The van der Waals surface area contributed by atoms with Crippen molar-refractivity contribution < 1.29 is 9.59 Å². The minimum atomic E-state index is -0.665. The van der Waals surface area contributed by atoms with E-state index in [2.05, 4.69) is 20.9 Å². The number of carbonyl (C=O) groups excluding carboxylic acids is 2. The number of fused-ring (bicyclic) bond motifs is 2. The van der Waals surface area contributed by atoms with Crippen LogP contribution in [-0.2, 0) is 22.6 Å². The molecule has 0 aliphatic carbocycles. The van der Waals surface area contributed by atoms with Crippen LogP contribution in [0.5, 0.6) is 0 Å². The van der Waals surface area contributed by atoms with Crippen molar-refractivity contribution in [2.45, 2.75) is 70.5 Å². The second-order valence-electron chi connectivity index (χ2n) is 7.18. The number of ketones is 2. The summed E-state index contributed by atoms with van der Waals surface area (Å²) in [6, 6.07) is 0. The third kappa shape index (κ3) is 4.27. The molecule has 7 heteroatoms. The molecule has 0 spiro atoms. The Morgan fingerprint density at radius 1 is 1.33 bits per heavy atom. The maximum atomic E-state index is 12.7. The van der Waals surface area contributed by atoms with Gasteiger partial charge in [-0.05, 0) is 59.9 Å². The van der Waals surface area contributed by atoms with Gasteiger partial charge in [0.25, 0.3) is 0 Å². The smallest absolute Gasteiger partial charge is 0.166 e. The first-order chi connectivity index (χ1) is 11.3. The van der Waals surface area contributed by atoms with Gasteiger partial charge >= 0.3 is 0 Å². The maximum absolute atomic E-state index is 12.7. The number of rotatable bonds is 2. The first kappa shape index (κ1) is 18.7. The number of aryl methyl sites for hydroxylation is 2. The van der Waals surface area contributed by atoms with Crippen molar-refractivity contribution in [3.05, 3.63) is 11.9 Å². The average Bonchev–Trinajstić information content (AvgIpc) is 3.01. The Kier molecular flexibility index (Phi) is 5.87. The fourth-order valence-corrected chi connectivity index (χ4v) is 2.96. The fourth-order valence-electron chi connectivity index (χ4n) is 2.96. The van der Waals surface area contributed by atoms with Crippen LogP contribution in [0.15, 0.2) is 6.20 Å². The Morgan fingerprint density at radius 3 is 2.75 bits per heavy atom. The van der Waals surface area contributed by atoms with E-state index in [9.17, 15) is 9.59 Å². The lowest BCUT2D eigenvalue weighted by atomic mass is 9.87. The van der Waals surface area contributed by atoms with Crippen LogP contribution in [0.1, 0.15) is 52.1 Å². The van der Waals surface area contributed by atoms with Crippen LogP contribution < -0.4 is 10.6 Å². The lowest BCUT2D eigenvalue weighted by Gasteiger charge is -2.32. The summed E-state index contributed by atoms with van der Waals surface area (Å²) in [5.41, 5.74) is -0.413. The molecule has 0 radical (unpaired) electrons. The zero-order valence-electron chi connectivity index (χ0n) is 15.2. The third-order valence-corrected chi connectivity index (χ3v) is 5.36. The lowest BCUT2D eigenvalue weighted by Crippen LogP contribution is -2.56. The molecular formula is C17H29N5O2. The molecule has 1 aliphatic heterocycles. The van der Waals surface area contributed by atoms with Crippen molar-refractivity contribution in [2.24, 2.45) is 0 Å². The van der Waals surface area contributed by atoms with Gasteiger partial charge in [-0.3, -0.25) is 19.6 Å². The summed E-state index contributed by atoms with van der Waals surface area (Å²) in [5.74, 6) is 0.124. The van der Waals surface area contributed by atoms with Gasteiger partial charge in [0.2, 0.25) is 0 Å². The monoisotopic (exact) mass is 335 g/mol. The Morgan fingerprint density at radius 2 is 2.08 bits per heavy atom. The standard InChI is InChI=1S/C17H29N5O2/c1-13(23)16(2)8-5-6-10-22-12-14(20-21-22)7-9-17(3,18-4)15(24)11-19-16/h12,18-19H,5-11H2,1-4H3/t16-,17-/m0/s1. The van der Waals surface area contributed by atoms with Crippen LogP contribution in [0.2, 0.25) is 0 Å². The van der Waals surface area contributed by atoms with Crippen molar-refractivity contribution in [2.75, 3.05) is 13.6 Å². The number of nitrogens with zero attached hydrogens (tertiary/aromatic N) is 3. The largest absolute Gasteiger partial charge is 0.308 e. The normalized spacial score (nSPS) is 29.9. The summed E-state index contributed by atoms with van der Waals surface area (Å²) in [6.07, 6.45) is 5.79. The Bertz CT molecular complexity index is 600. The number of hydrogen-bond acceptors (Lipinski definition) is 6. The van der Waals surface area contributed by atoms with Gasteiger partial charge in [-0.25, -0.2) is 0 Å². The molecule has 2 N–H and O–H groups in total. The Hall–Kier alpha value is -1.60. The van der Waals surface area contributed by atoms with Crippen LogP contribution in [-0.4, -0.2) is 51.2 Å². The lowest BCUT2D eigenvalue weighted by molar-refractivity contribution is -0.126. The number of likely N-dealkylation sites (N-methyl/N-ethyl adjacent to an activating group) is 1. The quantitative estimate of drug-likeness (QED) is 0.834. The highest BCUT2D eigenvalue weighted by atomic mass is 16.1. The molecule has 2 rings (SSSR count). The highest BCUT2D eigenvalue weighted by molar-refractivity contribution is 5.91. The first-order valence-electron chi connectivity index (χ1n) is 8.66. The van der Waals surface area contributed by atoms with Crippen molar-refractivity contribution in [1.29, 1.82) is 0 Å². The van der Waals surface area contributed by atoms with Crippen LogP contribution in [0, 0.1) is 0 Å². The Balaban J connectivity index is 2.22. The second kappa shape index (κ2) is 7.53. The summed E-state index contributed by atoms with van der Waals surface area (Å²) in [6.45, 7) is 6.35. The third-order valence-electron chi connectivity index (χ3n) is 5.36. The molecule has 1 aliphatic rings. The molecule has 1 aromatic rings. The Labute approximate surface area is 143 Å². The van der Waals surface area contributed by atoms with Gasteiger partial charge in [0, 0.05) is 12.7 Å². The van der Waals surface area contributed by atoms with Gasteiger partial charge in [0.15, 0.2) is 5.78 Å². The van der Waals surface area contributed by atoms with E-state index in [0.29, 0.717) is 19.3 Å². The van der Waals surface area contributed by atoms with Crippen LogP contribution in [0.25, 0.3) is 0 Å². The SMILES string of the molecule is CN[C@@]1(C)CCc2cn(nn2)CCCC[C@@](C)(C(C)=O)NCC1=O. The van der Waals surface area contributed by atoms with E-state index in [-0.39, 0.29) is 18.1 Å². The molecule has 0 amide bonds. The molecule has 0 aromatic carbocycles. The summed E-state index contributed by atoms with van der Waals surface area (Å²) >= 11 is 0. The zero-order chi connectivity index (χ0) is 17.8. The first-order valence-corrected chi connectivity index (χ1v) is 8.66. The molecule has 0 saturated heterocycles. The van der Waals surface area contributed by atoms with Crippen molar-refractivity contribution >= 4 is 11.6 Å². The fraction of sp³-hybridized carbons (Fsp3) is 0.765. The van der Waals surface area contributed by atoms with E-state index >= 15 is 0 Å². The van der Waals surface area contributed by atoms with Crippen molar-refractivity contribution in [3.63, 3.8) is 0 Å².